The summed E-state index contributed by atoms with van der Waals surface area (Å²) in [7, 11) is 0. The van der Waals surface area contributed by atoms with Crippen LogP contribution in [0.15, 0.2) is 46.6 Å². The second-order valence-electron chi connectivity index (χ2n) is 7.13. The molecule has 1 aromatic rings. The molecule has 0 fully saturated rings. The van der Waals surface area contributed by atoms with E-state index in [1.54, 1.807) is 17.4 Å². The number of primary amides is 1. The Hall–Kier alpha value is -1.93. The Morgan fingerprint density at radius 1 is 1.43 bits per heavy atom. The number of fused-ring (bicyclic) bond motifs is 1. The predicted octanol–water partition coefficient (Wildman–Crippen LogP) is 2.46. The molecular formula is C20H26ClN3O3S. The molecule has 1 amide bonds. The number of carbonyl (C=O) groups excluding carboxylic acids is 2. The van der Waals surface area contributed by atoms with Crippen molar-refractivity contribution in [1.29, 1.82) is 0 Å². The molecule has 3 rings (SSSR count). The number of halogens is 1. The molecule has 2 heterocycles. The van der Waals surface area contributed by atoms with Gasteiger partial charge in [0.1, 0.15) is 12.7 Å². The summed E-state index contributed by atoms with van der Waals surface area (Å²) in [4.78, 5) is 26.8. The van der Waals surface area contributed by atoms with Gasteiger partial charge in [-0.25, -0.2) is 0 Å². The van der Waals surface area contributed by atoms with Gasteiger partial charge in [0.2, 0.25) is 5.91 Å². The van der Waals surface area contributed by atoms with Crippen molar-refractivity contribution in [1.82, 2.24) is 4.90 Å². The molecule has 152 valence electrons. The molecule has 0 radical (unpaired) electrons. The van der Waals surface area contributed by atoms with E-state index in [0.717, 1.165) is 33.8 Å². The highest BCUT2D eigenvalue weighted by atomic mass is 35.5. The van der Waals surface area contributed by atoms with Crippen molar-refractivity contribution in [3.05, 3.63) is 51.5 Å². The second-order valence-corrected chi connectivity index (χ2v) is 8.07. The van der Waals surface area contributed by atoms with Gasteiger partial charge in [-0.1, -0.05) is 19.9 Å². The Bertz CT molecular complexity index is 828. The standard InChI is InChI=1S/C20H25N3O3S.ClH/c1-12(2)9-23-10-13-6-16(24)17(26-11-19(22)25)7-14(13)20(15(23)8-21)18-4-3-5-27-18;/h3-5,7,10,12,17H,6,8-9,11,21H2,1-2H3,(H2,22,25);1H. The van der Waals surface area contributed by atoms with Gasteiger partial charge < -0.3 is 21.1 Å². The minimum Gasteiger partial charge on any atom is -0.368 e. The quantitative estimate of drug-likeness (QED) is 0.701. The van der Waals surface area contributed by atoms with Crippen molar-refractivity contribution in [2.45, 2.75) is 26.4 Å². The molecule has 0 spiro atoms. The van der Waals surface area contributed by atoms with Crippen molar-refractivity contribution in [2.75, 3.05) is 19.7 Å². The monoisotopic (exact) mass is 423 g/mol. The molecule has 8 heteroatoms. The molecule has 1 unspecified atom stereocenters. The number of nitrogens with zero attached hydrogens (tertiary/aromatic N) is 1. The van der Waals surface area contributed by atoms with Crippen molar-refractivity contribution >= 4 is 41.0 Å². The van der Waals surface area contributed by atoms with Gasteiger partial charge in [-0.05, 0) is 34.6 Å². The third-order valence-corrected chi connectivity index (χ3v) is 5.38. The third-order valence-electron chi connectivity index (χ3n) is 4.49. The van der Waals surface area contributed by atoms with E-state index >= 15 is 0 Å². The summed E-state index contributed by atoms with van der Waals surface area (Å²) < 4.78 is 5.44. The lowest BCUT2D eigenvalue weighted by atomic mass is 9.83. The van der Waals surface area contributed by atoms with Crippen LogP contribution in [0.3, 0.4) is 0 Å². The molecule has 1 aromatic heterocycles. The number of ketones is 1. The molecule has 1 aliphatic carbocycles. The van der Waals surface area contributed by atoms with Crippen LogP contribution < -0.4 is 11.5 Å². The summed E-state index contributed by atoms with van der Waals surface area (Å²) in [6, 6.07) is 4.06. The first kappa shape index (κ1) is 22.4. The van der Waals surface area contributed by atoms with Crippen LogP contribution in [0.4, 0.5) is 0 Å². The van der Waals surface area contributed by atoms with Gasteiger partial charge in [0.15, 0.2) is 5.78 Å². The summed E-state index contributed by atoms with van der Waals surface area (Å²) in [6.07, 6.45) is 3.33. The van der Waals surface area contributed by atoms with Crippen molar-refractivity contribution in [2.24, 2.45) is 17.4 Å². The summed E-state index contributed by atoms with van der Waals surface area (Å²) in [5, 5.41) is 2.02. The summed E-state index contributed by atoms with van der Waals surface area (Å²) >= 11 is 1.64. The zero-order valence-electron chi connectivity index (χ0n) is 16.0. The molecular weight excluding hydrogens is 398 g/mol. The first-order valence-corrected chi connectivity index (χ1v) is 9.88. The van der Waals surface area contributed by atoms with E-state index in [1.807, 2.05) is 17.6 Å². The Kier molecular flexibility index (Phi) is 7.60. The molecule has 0 saturated carbocycles. The zero-order chi connectivity index (χ0) is 19.6. The Labute approximate surface area is 175 Å². The van der Waals surface area contributed by atoms with Gasteiger partial charge >= 0.3 is 0 Å². The normalized spacial score (nSPS) is 19.2. The third kappa shape index (κ3) is 4.72. The number of nitrogens with two attached hydrogens (primary N) is 2. The van der Waals surface area contributed by atoms with E-state index < -0.39 is 12.0 Å². The van der Waals surface area contributed by atoms with E-state index in [-0.39, 0.29) is 31.2 Å². The summed E-state index contributed by atoms with van der Waals surface area (Å²) in [5.74, 6) is -0.215. The molecule has 2 aliphatic rings. The molecule has 4 N–H and O–H groups in total. The van der Waals surface area contributed by atoms with Crippen LogP contribution in [-0.2, 0) is 14.3 Å². The van der Waals surface area contributed by atoms with Gasteiger partial charge in [0.25, 0.3) is 0 Å². The van der Waals surface area contributed by atoms with Crippen LogP contribution in [0.5, 0.6) is 0 Å². The maximum Gasteiger partial charge on any atom is 0.243 e. The lowest BCUT2D eigenvalue weighted by Gasteiger charge is -2.36. The van der Waals surface area contributed by atoms with Crippen LogP contribution in [0, 0.1) is 5.92 Å². The van der Waals surface area contributed by atoms with Crippen LogP contribution in [0.25, 0.3) is 5.57 Å². The van der Waals surface area contributed by atoms with Gasteiger partial charge in [-0.15, -0.1) is 23.7 Å². The smallest absolute Gasteiger partial charge is 0.243 e. The lowest BCUT2D eigenvalue weighted by Crippen LogP contribution is -2.35. The van der Waals surface area contributed by atoms with Gasteiger partial charge in [0, 0.05) is 41.9 Å². The van der Waals surface area contributed by atoms with E-state index in [0.29, 0.717) is 12.5 Å². The van der Waals surface area contributed by atoms with Crippen LogP contribution in [0.2, 0.25) is 0 Å². The minimum atomic E-state index is -0.768. The van der Waals surface area contributed by atoms with Crippen LogP contribution in [0.1, 0.15) is 25.1 Å². The van der Waals surface area contributed by atoms with E-state index in [4.69, 9.17) is 16.2 Å². The topological polar surface area (TPSA) is 98.6 Å². The lowest BCUT2D eigenvalue weighted by molar-refractivity contribution is -0.132. The fourth-order valence-corrected chi connectivity index (χ4v) is 4.25. The summed E-state index contributed by atoms with van der Waals surface area (Å²) in [5.41, 5.74) is 15.3. The first-order valence-electron chi connectivity index (χ1n) is 9.00. The maximum absolute atomic E-state index is 12.5. The number of Topliss-reactive ketones (excluding diaryl/α,β-unsaturated/α-hetero) is 1. The number of hydrogen-bond donors (Lipinski definition) is 2. The number of carbonyl (C=O) groups is 2. The van der Waals surface area contributed by atoms with Crippen molar-refractivity contribution < 1.29 is 14.3 Å². The first-order chi connectivity index (χ1) is 12.9. The van der Waals surface area contributed by atoms with E-state index in [2.05, 4.69) is 24.8 Å². The average molecular weight is 424 g/mol. The minimum absolute atomic E-state index is 0. The molecule has 0 aromatic carbocycles. The molecule has 1 atom stereocenters. The highest BCUT2D eigenvalue weighted by Crippen LogP contribution is 2.42. The number of ether oxygens (including phenoxy) is 1. The molecule has 28 heavy (non-hydrogen) atoms. The molecule has 6 nitrogen and oxygen atoms in total. The number of allylic oxidation sites excluding steroid dienone is 3. The molecule has 1 aliphatic heterocycles. The largest absolute Gasteiger partial charge is 0.368 e. The predicted molar refractivity (Wildman–Crippen MR) is 114 cm³/mol. The van der Waals surface area contributed by atoms with Crippen molar-refractivity contribution in [3.8, 4) is 0 Å². The Morgan fingerprint density at radius 3 is 2.75 bits per heavy atom. The Morgan fingerprint density at radius 2 is 2.18 bits per heavy atom. The maximum atomic E-state index is 12.5. The van der Waals surface area contributed by atoms with E-state index in [9.17, 15) is 9.59 Å². The number of thiophene rings is 1. The number of amides is 1. The average Bonchev–Trinajstić information content (AvgIpc) is 3.12. The zero-order valence-corrected chi connectivity index (χ0v) is 17.6. The SMILES string of the molecule is CC(C)CN1C=C2CC(=O)C(OCC(N)=O)C=C2C(c2cccs2)=C1CN.Cl. The van der Waals surface area contributed by atoms with Gasteiger partial charge in [0.05, 0.1) is 0 Å². The fraction of sp³-hybridized carbons (Fsp3) is 0.400. The van der Waals surface area contributed by atoms with Crippen LogP contribution in [-0.4, -0.2) is 42.4 Å². The fourth-order valence-electron chi connectivity index (χ4n) is 3.44. The van der Waals surface area contributed by atoms with Crippen LogP contribution >= 0.6 is 23.7 Å². The second kappa shape index (κ2) is 9.52. The van der Waals surface area contributed by atoms with Gasteiger partial charge in [-0.3, -0.25) is 9.59 Å². The highest BCUT2D eigenvalue weighted by molar-refractivity contribution is 7.11. The number of rotatable bonds is 7. The summed E-state index contributed by atoms with van der Waals surface area (Å²) in [6.45, 7) is 5.25. The van der Waals surface area contributed by atoms with E-state index in [1.165, 1.54) is 0 Å². The number of hydrogen-bond acceptors (Lipinski definition) is 6. The highest BCUT2D eigenvalue weighted by Gasteiger charge is 2.33. The molecule has 0 bridgehead atoms. The molecule has 0 saturated heterocycles. The Balaban J connectivity index is 0.00000280. The van der Waals surface area contributed by atoms with Crippen molar-refractivity contribution in [3.63, 3.8) is 0 Å². The van der Waals surface area contributed by atoms with Gasteiger partial charge in [-0.2, -0.15) is 0 Å².